The predicted molar refractivity (Wildman–Crippen MR) is 110 cm³/mol. The molecule has 3 rings (SSSR count). The van der Waals surface area contributed by atoms with Crippen LogP contribution in [0.4, 0.5) is 5.69 Å². The van der Waals surface area contributed by atoms with Crippen LogP contribution in [0.15, 0.2) is 60.7 Å². The van der Waals surface area contributed by atoms with Crippen molar-refractivity contribution in [2.24, 2.45) is 0 Å². The van der Waals surface area contributed by atoms with Crippen molar-refractivity contribution < 1.29 is 13.6 Å². The second-order valence-corrected chi connectivity index (χ2v) is 6.42. The minimum Gasteiger partial charge on any atom is -0.497 e. The first-order valence-corrected chi connectivity index (χ1v) is 8.86. The van der Waals surface area contributed by atoms with E-state index in [9.17, 15) is 0 Å². The molecular weight excluding hydrogens is 360 g/mol. The van der Waals surface area contributed by atoms with Crippen molar-refractivity contribution in [3.8, 4) is 11.5 Å². The van der Waals surface area contributed by atoms with E-state index in [1.807, 2.05) is 48.5 Å². The highest BCUT2D eigenvalue weighted by atomic mass is 35.5. The number of ether oxygens (including phenoxy) is 2. The zero-order valence-corrected chi connectivity index (χ0v) is 16.0. The van der Waals surface area contributed by atoms with Crippen LogP contribution >= 0.6 is 11.6 Å². The fraction of sp³-hybridized carbons (Fsp3) is 0.227. The smallest absolute Gasteiger partial charge is 0.152 e. The molecule has 3 aromatic rings. The van der Waals surface area contributed by atoms with E-state index in [0.29, 0.717) is 18.8 Å². The molecule has 0 saturated heterocycles. The second kappa shape index (κ2) is 8.78. The minimum atomic E-state index is -2.31. The van der Waals surface area contributed by atoms with Crippen molar-refractivity contribution in [3.05, 3.63) is 82.6 Å². The molecule has 0 aliphatic rings. The zero-order chi connectivity index (χ0) is 21.7. The van der Waals surface area contributed by atoms with Crippen molar-refractivity contribution in [2.75, 3.05) is 19.1 Å². The van der Waals surface area contributed by atoms with Gasteiger partial charge in [0, 0.05) is 22.9 Å². The number of methoxy groups -OCH3 is 2. The quantitative estimate of drug-likeness (QED) is 0.519. The van der Waals surface area contributed by atoms with Gasteiger partial charge in [-0.15, -0.1) is 0 Å². The number of aromatic nitrogens is 1. The van der Waals surface area contributed by atoms with Gasteiger partial charge in [-0.25, -0.2) is 4.98 Å². The summed E-state index contributed by atoms with van der Waals surface area (Å²) in [5.41, 5.74) is 2.75. The maximum Gasteiger partial charge on any atom is 0.152 e. The zero-order valence-electron chi connectivity index (χ0n) is 18.3. The summed E-state index contributed by atoms with van der Waals surface area (Å²) in [7, 11) is 3.26. The molecule has 0 aliphatic heterocycles. The summed E-state index contributed by atoms with van der Waals surface area (Å²) >= 11 is 6.42. The Labute approximate surface area is 169 Å². The normalized spacial score (nSPS) is 12.6. The van der Waals surface area contributed by atoms with E-state index in [0.717, 1.165) is 22.6 Å². The summed E-state index contributed by atoms with van der Waals surface area (Å²) in [6, 6.07) is 18.8. The third-order valence-electron chi connectivity index (χ3n) is 4.23. The van der Waals surface area contributed by atoms with E-state index >= 15 is 0 Å². The predicted octanol–water partition coefficient (Wildman–Crippen LogP) is 5.27. The minimum absolute atomic E-state index is 0.0231. The molecule has 27 heavy (non-hydrogen) atoms. The Morgan fingerprint density at radius 1 is 0.852 bits per heavy atom. The van der Waals surface area contributed by atoms with Crippen LogP contribution in [0.3, 0.4) is 0 Å². The van der Waals surface area contributed by atoms with Crippen LogP contribution in [0.5, 0.6) is 11.5 Å². The lowest BCUT2D eigenvalue weighted by molar-refractivity contribution is 0.414. The highest BCUT2D eigenvalue weighted by molar-refractivity contribution is 6.32. The molecule has 5 heteroatoms. The first-order valence-electron chi connectivity index (χ1n) is 9.98. The molecule has 0 bridgehead atoms. The molecule has 0 spiro atoms. The van der Waals surface area contributed by atoms with Gasteiger partial charge in [-0.05, 0) is 54.4 Å². The summed E-state index contributed by atoms with van der Waals surface area (Å²) in [6.45, 7) is -1.19. The lowest BCUT2D eigenvalue weighted by Gasteiger charge is -2.26. The Bertz CT molecular complexity index is 928. The molecule has 1 heterocycles. The van der Waals surface area contributed by atoms with E-state index in [1.54, 1.807) is 20.3 Å². The van der Waals surface area contributed by atoms with Gasteiger partial charge in [0.15, 0.2) is 5.15 Å². The first kappa shape index (κ1) is 15.3. The maximum atomic E-state index is 7.56. The van der Waals surface area contributed by atoms with Crippen molar-refractivity contribution in [1.29, 1.82) is 0 Å². The number of hydrogen-bond acceptors (Lipinski definition) is 4. The van der Waals surface area contributed by atoms with Crippen molar-refractivity contribution >= 4 is 17.3 Å². The van der Waals surface area contributed by atoms with Crippen LogP contribution in [-0.2, 0) is 13.1 Å². The molecule has 2 aromatic carbocycles. The molecule has 0 unspecified atom stereocenters. The Morgan fingerprint density at radius 3 is 1.78 bits per heavy atom. The summed E-state index contributed by atoms with van der Waals surface area (Å²) in [5.74, 6) is 1.56. The van der Waals surface area contributed by atoms with Crippen LogP contribution in [0.1, 0.15) is 20.9 Å². The summed E-state index contributed by atoms with van der Waals surface area (Å²) in [4.78, 5) is 6.18. The lowest BCUT2D eigenvalue weighted by atomic mass is 10.1. The second-order valence-electron chi connectivity index (χ2n) is 6.06. The van der Waals surface area contributed by atoms with Crippen molar-refractivity contribution in [1.82, 2.24) is 4.98 Å². The monoisotopic (exact) mass is 385 g/mol. The summed E-state index contributed by atoms with van der Waals surface area (Å²) in [6.07, 6.45) is 0. The molecule has 4 nitrogen and oxygen atoms in total. The molecule has 0 saturated carbocycles. The SMILES string of the molecule is [2H]C([2H])([2H])c1ccc(N(Cc2ccc(OC)cc2)Cc2ccc(OC)cc2)c(Cl)n1. The van der Waals surface area contributed by atoms with Gasteiger partial charge in [-0.3, -0.25) is 0 Å². The Balaban J connectivity index is 1.93. The van der Waals surface area contributed by atoms with Crippen LogP contribution < -0.4 is 14.4 Å². The number of benzene rings is 2. The largest absolute Gasteiger partial charge is 0.497 e. The van der Waals surface area contributed by atoms with Gasteiger partial charge >= 0.3 is 0 Å². The number of rotatable bonds is 7. The number of hydrogen-bond donors (Lipinski definition) is 0. The topological polar surface area (TPSA) is 34.6 Å². The average Bonchev–Trinajstić information content (AvgIpc) is 2.73. The van der Waals surface area contributed by atoms with Gasteiger partial charge in [0.25, 0.3) is 0 Å². The number of halogens is 1. The Morgan fingerprint density at radius 2 is 1.37 bits per heavy atom. The Kier molecular flexibility index (Phi) is 4.99. The number of anilines is 1. The van der Waals surface area contributed by atoms with Crippen LogP contribution in [0.2, 0.25) is 5.15 Å². The van der Waals surface area contributed by atoms with Gasteiger partial charge in [0.05, 0.1) is 19.9 Å². The standard InChI is InChI=1S/C22H23ClN2O2/c1-16-4-13-21(22(23)24-16)25(14-17-5-9-19(26-2)10-6-17)15-18-7-11-20(27-3)12-8-18/h4-13H,14-15H2,1-3H3/i1D3. The van der Waals surface area contributed by atoms with E-state index in [-0.39, 0.29) is 10.8 Å². The molecule has 1 aromatic heterocycles. The third kappa shape index (κ3) is 4.92. The van der Waals surface area contributed by atoms with Crippen molar-refractivity contribution in [2.45, 2.75) is 19.9 Å². The molecule has 0 amide bonds. The van der Waals surface area contributed by atoms with Gasteiger partial charge in [0.1, 0.15) is 11.5 Å². The summed E-state index contributed by atoms with van der Waals surface area (Å²) < 4.78 is 33.1. The maximum absolute atomic E-state index is 7.56. The number of nitrogens with zero attached hydrogens (tertiary/aromatic N) is 2. The Hall–Kier alpha value is -2.72. The van der Waals surface area contributed by atoms with E-state index < -0.39 is 6.85 Å². The number of pyridine rings is 1. The van der Waals surface area contributed by atoms with Crippen molar-refractivity contribution in [3.63, 3.8) is 0 Å². The summed E-state index contributed by atoms with van der Waals surface area (Å²) in [5, 5.41) is 0.158. The van der Waals surface area contributed by atoms with E-state index in [4.69, 9.17) is 25.2 Å². The van der Waals surface area contributed by atoms with E-state index in [1.165, 1.54) is 6.07 Å². The molecule has 0 radical (unpaired) electrons. The van der Waals surface area contributed by atoms with Crippen LogP contribution in [0.25, 0.3) is 0 Å². The highest BCUT2D eigenvalue weighted by Crippen LogP contribution is 2.28. The van der Waals surface area contributed by atoms with Crippen LogP contribution in [-0.4, -0.2) is 19.2 Å². The average molecular weight is 386 g/mol. The van der Waals surface area contributed by atoms with Gasteiger partial charge in [0.2, 0.25) is 0 Å². The van der Waals surface area contributed by atoms with E-state index in [2.05, 4.69) is 9.88 Å². The van der Waals surface area contributed by atoms with Gasteiger partial charge < -0.3 is 14.4 Å². The molecule has 0 aliphatic carbocycles. The molecular formula is C22H23ClN2O2. The fourth-order valence-corrected chi connectivity index (χ4v) is 3.07. The lowest BCUT2D eigenvalue weighted by Crippen LogP contribution is -2.22. The molecule has 140 valence electrons. The molecule has 0 atom stereocenters. The van der Waals surface area contributed by atoms with Crippen LogP contribution in [0, 0.1) is 6.85 Å². The third-order valence-corrected chi connectivity index (χ3v) is 4.51. The fourth-order valence-electron chi connectivity index (χ4n) is 2.79. The molecule has 0 fully saturated rings. The van der Waals surface area contributed by atoms with Gasteiger partial charge in [-0.1, -0.05) is 35.9 Å². The first-order chi connectivity index (χ1) is 14.3. The number of aryl methyl sites for hydroxylation is 1. The van der Waals surface area contributed by atoms with Gasteiger partial charge in [-0.2, -0.15) is 0 Å². The highest BCUT2D eigenvalue weighted by Gasteiger charge is 2.13. The molecule has 0 N–H and O–H groups in total.